The molecule has 0 spiro atoms. The van der Waals surface area contributed by atoms with E-state index in [4.69, 9.17) is 0 Å². The quantitative estimate of drug-likeness (QED) is 0.111. The highest BCUT2D eigenvalue weighted by atomic mass is 32.2. The number of nitrogens with one attached hydrogen (secondary N) is 2. The number of hydrogen-bond acceptors (Lipinski definition) is 6. The number of thioether (sulfide) groups is 1. The minimum absolute atomic E-state index is 0.0482. The van der Waals surface area contributed by atoms with E-state index in [1.807, 2.05) is 30.3 Å². The smallest absolute Gasteiger partial charge is 0.269 e. The van der Waals surface area contributed by atoms with E-state index in [-0.39, 0.29) is 17.4 Å². The van der Waals surface area contributed by atoms with Crippen molar-refractivity contribution in [2.24, 2.45) is 0 Å². The Labute approximate surface area is 223 Å². The second-order valence-corrected chi connectivity index (χ2v) is 9.49. The first kappa shape index (κ1) is 26.3. The predicted molar refractivity (Wildman–Crippen MR) is 148 cm³/mol. The van der Waals surface area contributed by atoms with E-state index in [0.29, 0.717) is 22.5 Å². The van der Waals surface area contributed by atoms with Crippen molar-refractivity contribution in [2.45, 2.75) is 17.1 Å². The number of Topliss-reactive ketones (excluding diaryl/α,β-unsaturated/α-hetero) is 1. The Bertz CT molecular complexity index is 1460. The number of ketones is 1. The molecule has 9 heteroatoms. The van der Waals surface area contributed by atoms with Crippen molar-refractivity contribution < 1.29 is 19.3 Å². The summed E-state index contributed by atoms with van der Waals surface area (Å²) in [7, 11) is 0. The Balaban J connectivity index is 1.46. The first-order valence-corrected chi connectivity index (χ1v) is 12.5. The van der Waals surface area contributed by atoms with Gasteiger partial charge in [0.25, 0.3) is 11.6 Å². The summed E-state index contributed by atoms with van der Waals surface area (Å²) in [4.78, 5) is 48.4. The number of hydrogen-bond donors (Lipinski definition) is 2. The largest absolute Gasteiger partial charge is 0.325 e. The summed E-state index contributed by atoms with van der Waals surface area (Å²) in [5.74, 6) is -0.655. The van der Waals surface area contributed by atoms with E-state index < -0.39 is 16.1 Å². The molecule has 4 aromatic rings. The zero-order chi connectivity index (χ0) is 27.1. The summed E-state index contributed by atoms with van der Waals surface area (Å²) < 4.78 is 0. The van der Waals surface area contributed by atoms with Gasteiger partial charge in [0.2, 0.25) is 5.91 Å². The lowest BCUT2D eigenvalue weighted by atomic mass is 10.1. The van der Waals surface area contributed by atoms with Gasteiger partial charge in [0.05, 0.1) is 4.92 Å². The zero-order valence-electron chi connectivity index (χ0n) is 20.3. The van der Waals surface area contributed by atoms with Crippen molar-refractivity contribution in [3.8, 4) is 0 Å². The maximum Gasteiger partial charge on any atom is 0.269 e. The lowest BCUT2D eigenvalue weighted by Crippen LogP contribution is -2.19. The van der Waals surface area contributed by atoms with Gasteiger partial charge in [-0.15, -0.1) is 11.8 Å². The van der Waals surface area contributed by atoms with Gasteiger partial charge in [-0.25, -0.2) is 0 Å². The van der Waals surface area contributed by atoms with Crippen molar-refractivity contribution in [3.05, 3.63) is 130 Å². The molecule has 0 fully saturated rings. The van der Waals surface area contributed by atoms with Gasteiger partial charge in [0.15, 0.2) is 5.78 Å². The maximum atomic E-state index is 13.3. The number of benzene rings is 4. The first-order valence-electron chi connectivity index (χ1n) is 11.6. The van der Waals surface area contributed by atoms with Crippen LogP contribution < -0.4 is 10.6 Å². The molecule has 8 nitrogen and oxygen atoms in total. The summed E-state index contributed by atoms with van der Waals surface area (Å²) in [6.07, 6.45) is 0. The number of amides is 2. The average Bonchev–Trinajstić information content (AvgIpc) is 2.93. The number of non-ortho nitro benzene ring substituents is 1. The van der Waals surface area contributed by atoms with Crippen LogP contribution in [0, 0.1) is 10.1 Å². The molecule has 2 amide bonds. The molecule has 0 radical (unpaired) electrons. The molecular formula is C29H23N3O5S. The van der Waals surface area contributed by atoms with E-state index >= 15 is 0 Å². The Morgan fingerprint density at radius 3 is 1.87 bits per heavy atom. The van der Waals surface area contributed by atoms with Crippen LogP contribution in [0.5, 0.6) is 0 Å². The molecule has 190 valence electrons. The van der Waals surface area contributed by atoms with Gasteiger partial charge in [-0.2, -0.15) is 0 Å². The van der Waals surface area contributed by atoms with Crippen LogP contribution in [0.1, 0.15) is 38.5 Å². The van der Waals surface area contributed by atoms with Crippen molar-refractivity contribution >= 4 is 46.4 Å². The molecule has 0 aliphatic heterocycles. The molecule has 38 heavy (non-hydrogen) atoms. The number of rotatable bonds is 9. The number of carbonyl (C=O) groups is 3. The van der Waals surface area contributed by atoms with E-state index in [9.17, 15) is 24.5 Å². The van der Waals surface area contributed by atoms with Crippen LogP contribution in [0.3, 0.4) is 0 Å². The van der Waals surface area contributed by atoms with Crippen LogP contribution in [0.15, 0.2) is 108 Å². The Morgan fingerprint density at radius 1 is 0.737 bits per heavy atom. The summed E-state index contributed by atoms with van der Waals surface area (Å²) in [6.45, 7) is 1.49. The van der Waals surface area contributed by atoms with E-state index in [1.54, 1.807) is 48.5 Å². The van der Waals surface area contributed by atoms with E-state index in [2.05, 4.69) is 10.6 Å². The van der Waals surface area contributed by atoms with E-state index in [1.165, 1.54) is 43.0 Å². The second-order valence-electron chi connectivity index (χ2n) is 8.31. The van der Waals surface area contributed by atoms with Crippen molar-refractivity contribution in [1.82, 2.24) is 0 Å². The Hall–Kier alpha value is -4.76. The van der Waals surface area contributed by atoms with Crippen LogP contribution in [-0.2, 0) is 4.79 Å². The number of anilines is 2. The molecule has 0 aliphatic carbocycles. The summed E-state index contributed by atoms with van der Waals surface area (Å²) >= 11 is 1.36. The third-order valence-electron chi connectivity index (χ3n) is 5.61. The normalized spacial score (nSPS) is 11.3. The number of nitro groups is 1. The molecule has 1 atom stereocenters. The molecule has 0 aromatic heterocycles. The van der Waals surface area contributed by atoms with Crippen LogP contribution in [0.25, 0.3) is 0 Å². The fraction of sp³-hybridized carbons (Fsp3) is 0.0690. The van der Waals surface area contributed by atoms with Crippen LogP contribution in [0.2, 0.25) is 0 Å². The molecule has 0 saturated carbocycles. The highest BCUT2D eigenvalue weighted by Gasteiger charge is 2.22. The third kappa shape index (κ3) is 6.71. The summed E-state index contributed by atoms with van der Waals surface area (Å²) in [6, 6.07) is 28.6. The SMILES string of the molecule is CC(=O)c1ccc(NC(=O)C(Sc2ccc(NC(=O)c3ccc([N+](=O)[O-])cc3)cc2)c2ccccc2)cc1. The molecular weight excluding hydrogens is 502 g/mol. The van der Waals surface area contributed by atoms with Gasteiger partial charge in [-0.1, -0.05) is 30.3 Å². The van der Waals surface area contributed by atoms with Crippen LogP contribution in [0.4, 0.5) is 17.1 Å². The molecule has 4 aromatic carbocycles. The highest BCUT2D eigenvalue weighted by molar-refractivity contribution is 8.00. The average molecular weight is 526 g/mol. The van der Waals surface area contributed by atoms with Crippen LogP contribution in [-0.4, -0.2) is 22.5 Å². The third-order valence-corrected chi connectivity index (χ3v) is 6.87. The number of carbonyl (C=O) groups excluding carboxylic acids is 3. The standard InChI is InChI=1S/C29H23N3O5S/c1-19(33)20-7-11-23(12-8-20)31-29(35)27(21-5-3-2-4-6-21)38-26-17-13-24(14-18-26)30-28(34)22-9-15-25(16-10-22)32(36)37/h2-18,27H,1H3,(H,30,34)(H,31,35). The minimum atomic E-state index is -0.552. The lowest BCUT2D eigenvalue weighted by Gasteiger charge is -2.17. The molecule has 4 rings (SSSR count). The molecule has 0 aliphatic rings. The minimum Gasteiger partial charge on any atom is -0.325 e. The maximum absolute atomic E-state index is 13.3. The van der Waals surface area contributed by atoms with Gasteiger partial charge in [-0.05, 0) is 73.2 Å². The second kappa shape index (κ2) is 12.0. The van der Waals surface area contributed by atoms with Gasteiger partial charge in [0.1, 0.15) is 5.25 Å². The zero-order valence-corrected chi connectivity index (χ0v) is 21.1. The lowest BCUT2D eigenvalue weighted by molar-refractivity contribution is -0.384. The predicted octanol–water partition coefficient (Wildman–Crippen LogP) is 6.52. The monoisotopic (exact) mass is 525 g/mol. The number of nitrogens with zero attached hydrogens (tertiary/aromatic N) is 1. The van der Waals surface area contributed by atoms with Crippen molar-refractivity contribution in [1.29, 1.82) is 0 Å². The van der Waals surface area contributed by atoms with Gasteiger partial charge >= 0.3 is 0 Å². The fourth-order valence-electron chi connectivity index (χ4n) is 3.59. The van der Waals surface area contributed by atoms with Gasteiger partial charge in [0, 0.05) is 39.5 Å². The highest BCUT2D eigenvalue weighted by Crippen LogP contribution is 2.36. The first-order chi connectivity index (χ1) is 18.3. The summed E-state index contributed by atoms with van der Waals surface area (Å²) in [5.41, 5.74) is 2.73. The van der Waals surface area contributed by atoms with Gasteiger partial charge < -0.3 is 10.6 Å². The van der Waals surface area contributed by atoms with Gasteiger partial charge in [-0.3, -0.25) is 24.5 Å². The molecule has 0 heterocycles. The molecule has 1 unspecified atom stereocenters. The Morgan fingerprint density at radius 2 is 1.29 bits per heavy atom. The van der Waals surface area contributed by atoms with E-state index in [0.717, 1.165) is 10.5 Å². The molecule has 0 bridgehead atoms. The topological polar surface area (TPSA) is 118 Å². The van der Waals surface area contributed by atoms with Crippen molar-refractivity contribution in [2.75, 3.05) is 10.6 Å². The fourth-order valence-corrected chi connectivity index (χ4v) is 4.61. The summed E-state index contributed by atoms with van der Waals surface area (Å²) in [5, 5.41) is 15.9. The van der Waals surface area contributed by atoms with Crippen LogP contribution >= 0.6 is 11.8 Å². The number of nitro benzene ring substituents is 1. The molecule has 2 N–H and O–H groups in total. The molecule has 0 saturated heterocycles. The van der Waals surface area contributed by atoms with Crippen molar-refractivity contribution in [3.63, 3.8) is 0 Å². The Kier molecular flexibility index (Phi) is 8.30.